The van der Waals surface area contributed by atoms with Gasteiger partial charge in [0.15, 0.2) is 10.4 Å². The summed E-state index contributed by atoms with van der Waals surface area (Å²) in [5.41, 5.74) is 3.28. The molecular formula is C14H25N5S. The highest BCUT2D eigenvalue weighted by Crippen LogP contribution is 2.18. The molecule has 0 radical (unpaired) electrons. The van der Waals surface area contributed by atoms with E-state index in [1.54, 1.807) is 0 Å². The maximum absolute atomic E-state index is 5.47. The number of H-pyrrole nitrogens is 1. The third kappa shape index (κ3) is 2.67. The van der Waals surface area contributed by atoms with Crippen molar-refractivity contribution in [1.82, 2.24) is 24.2 Å². The third-order valence-corrected chi connectivity index (χ3v) is 4.50. The number of nitrogens with one attached hydrogen (secondary N) is 1. The van der Waals surface area contributed by atoms with Gasteiger partial charge in [-0.15, -0.1) is 0 Å². The van der Waals surface area contributed by atoms with E-state index in [2.05, 4.69) is 47.4 Å². The molecule has 0 aromatic carbocycles. The minimum absolute atomic E-state index is 0.594. The molecule has 1 unspecified atom stereocenters. The lowest BCUT2D eigenvalue weighted by molar-refractivity contribution is 0.243. The number of likely N-dealkylation sites (N-methyl/N-ethyl adjacent to an activating group) is 1. The zero-order valence-corrected chi connectivity index (χ0v) is 13.9. The third-order valence-electron chi connectivity index (χ3n) is 4.18. The highest BCUT2D eigenvalue weighted by Gasteiger charge is 2.15. The van der Waals surface area contributed by atoms with Gasteiger partial charge < -0.3 is 14.5 Å². The van der Waals surface area contributed by atoms with Crippen LogP contribution in [0.4, 0.5) is 0 Å². The normalized spacial score (nSPS) is 13.5. The van der Waals surface area contributed by atoms with Crippen molar-refractivity contribution in [2.45, 2.75) is 46.2 Å². The Morgan fingerprint density at radius 2 is 2.10 bits per heavy atom. The second-order valence-corrected chi connectivity index (χ2v) is 5.83. The number of hydrogen-bond acceptors (Lipinski definition) is 3. The first kappa shape index (κ1) is 15.3. The molecule has 20 heavy (non-hydrogen) atoms. The van der Waals surface area contributed by atoms with Crippen LogP contribution < -0.4 is 0 Å². The molecule has 6 heteroatoms. The summed E-state index contributed by atoms with van der Waals surface area (Å²) in [6.07, 6.45) is 2.08. The van der Waals surface area contributed by atoms with E-state index in [1.165, 1.54) is 0 Å². The SMILES string of the molecule is CCc1nn(C)c2c1[nH]c(=S)n2CCN(C)C(C)CC. The smallest absolute Gasteiger partial charge is 0.179 e. The van der Waals surface area contributed by atoms with E-state index >= 15 is 0 Å². The molecule has 0 aliphatic carbocycles. The van der Waals surface area contributed by atoms with Gasteiger partial charge in [0, 0.05) is 26.2 Å². The van der Waals surface area contributed by atoms with Gasteiger partial charge in [-0.05, 0) is 39.0 Å². The first-order chi connectivity index (χ1) is 9.49. The summed E-state index contributed by atoms with van der Waals surface area (Å²) in [6.45, 7) is 8.47. The molecule has 5 nitrogen and oxygen atoms in total. The van der Waals surface area contributed by atoms with Crippen molar-refractivity contribution in [2.24, 2.45) is 7.05 Å². The van der Waals surface area contributed by atoms with Crippen LogP contribution in [0.1, 0.15) is 32.9 Å². The summed E-state index contributed by atoms with van der Waals surface area (Å²) in [5, 5.41) is 4.55. The Labute approximate surface area is 125 Å². The van der Waals surface area contributed by atoms with Crippen molar-refractivity contribution >= 4 is 23.4 Å². The number of rotatable bonds is 6. The van der Waals surface area contributed by atoms with Gasteiger partial charge in [-0.2, -0.15) is 5.10 Å². The fourth-order valence-electron chi connectivity index (χ4n) is 2.52. The van der Waals surface area contributed by atoms with Gasteiger partial charge in [0.25, 0.3) is 0 Å². The standard InChI is InChI=1S/C14H25N5S/c1-6-10(3)17(4)8-9-19-13-12(15-14(19)20)11(7-2)16-18(13)5/h10H,6-9H2,1-5H3,(H,15,20). The van der Waals surface area contributed by atoms with Crippen LogP contribution in [0.15, 0.2) is 0 Å². The average molecular weight is 295 g/mol. The molecule has 2 rings (SSSR count). The molecule has 0 aliphatic heterocycles. The molecule has 1 atom stereocenters. The first-order valence-electron chi connectivity index (χ1n) is 7.34. The van der Waals surface area contributed by atoms with Crippen LogP contribution in [-0.2, 0) is 20.0 Å². The molecular weight excluding hydrogens is 270 g/mol. The minimum atomic E-state index is 0.594. The number of fused-ring (bicyclic) bond motifs is 1. The topological polar surface area (TPSA) is 41.8 Å². The summed E-state index contributed by atoms with van der Waals surface area (Å²) in [5.74, 6) is 0. The van der Waals surface area contributed by atoms with Crippen LogP contribution in [0.25, 0.3) is 11.2 Å². The predicted octanol–water partition coefficient (Wildman–Crippen LogP) is 2.73. The quantitative estimate of drug-likeness (QED) is 0.833. The molecule has 2 heterocycles. The molecule has 0 spiro atoms. The molecule has 0 saturated carbocycles. The number of imidazole rings is 1. The van der Waals surface area contributed by atoms with Gasteiger partial charge in [0.2, 0.25) is 0 Å². The van der Waals surface area contributed by atoms with Crippen LogP contribution in [0.3, 0.4) is 0 Å². The molecule has 0 saturated heterocycles. The Kier molecular flexibility index (Phi) is 4.65. The lowest BCUT2D eigenvalue weighted by atomic mass is 10.2. The zero-order chi connectivity index (χ0) is 14.9. The van der Waals surface area contributed by atoms with E-state index in [1.807, 2.05) is 11.7 Å². The molecule has 0 bridgehead atoms. The fraction of sp³-hybridized carbons (Fsp3) is 0.714. The monoisotopic (exact) mass is 295 g/mol. The van der Waals surface area contributed by atoms with Crippen LogP contribution >= 0.6 is 12.2 Å². The largest absolute Gasteiger partial charge is 0.328 e. The second kappa shape index (κ2) is 6.10. The highest BCUT2D eigenvalue weighted by atomic mass is 32.1. The summed E-state index contributed by atoms with van der Waals surface area (Å²) >= 11 is 5.47. The summed E-state index contributed by atoms with van der Waals surface area (Å²) < 4.78 is 4.89. The Morgan fingerprint density at radius 3 is 2.70 bits per heavy atom. The molecule has 2 aromatic heterocycles. The Bertz CT molecular complexity index is 636. The van der Waals surface area contributed by atoms with E-state index < -0.39 is 0 Å². The van der Waals surface area contributed by atoms with Gasteiger partial charge in [-0.1, -0.05) is 13.8 Å². The Balaban J connectivity index is 2.28. The van der Waals surface area contributed by atoms with Crippen molar-refractivity contribution in [2.75, 3.05) is 13.6 Å². The maximum atomic E-state index is 5.47. The number of hydrogen-bond donors (Lipinski definition) is 1. The highest BCUT2D eigenvalue weighted by molar-refractivity contribution is 7.71. The van der Waals surface area contributed by atoms with Crippen LogP contribution in [0, 0.1) is 4.77 Å². The Morgan fingerprint density at radius 1 is 1.40 bits per heavy atom. The molecule has 1 N–H and O–H groups in total. The minimum Gasteiger partial charge on any atom is -0.328 e. The number of aromatic amines is 1. The van der Waals surface area contributed by atoms with Crippen molar-refractivity contribution in [3.05, 3.63) is 10.5 Å². The van der Waals surface area contributed by atoms with Gasteiger partial charge in [0.05, 0.1) is 5.69 Å². The van der Waals surface area contributed by atoms with Gasteiger partial charge in [0.1, 0.15) is 5.52 Å². The number of nitrogens with zero attached hydrogens (tertiary/aromatic N) is 4. The van der Waals surface area contributed by atoms with Crippen molar-refractivity contribution in [3.63, 3.8) is 0 Å². The zero-order valence-electron chi connectivity index (χ0n) is 13.1. The number of aryl methyl sites for hydroxylation is 2. The maximum Gasteiger partial charge on any atom is 0.179 e. The summed E-state index contributed by atoms with van der Waals surface area (Å²) in [6, 6.07) is 0.594. The van der Waals surface area contributed by atoms with E-state index in [9.17, 15) is 0 Å². The van der Waals surface area contributed by atoms with Crippen molar-refractivity contribution < 1.29 is 0 Å². The lowest BCUT2D eigenvalue weighted by Crippen LogP contribution is -2.31. The van der Waals surface area contributed by atoms with Gasteiger partial charge >= 0.3 is 0 Å². The summed E-state index contributed by atoms with van der Waals surface area (Å²) in [4.78, 5) is 5.68. The van der Waals surface area contributed by atoms with Crippen LogP contribution in [-0.4, -0.2) is 43.9 Å². The molecule has 0 fully saturated rings. The van der Waals surface area contributed by atoms with Crippen LogP contribution in [0.2, 0.25) is 0 Å². The Hall–Kier alpha value is -1.14. The van der Waals surface area contributed by atoms with E-state index in [-0.39, 0.29) is 0 Å². The van der Waals surface area contributed by atoms with E-state index in [0.717, 1.165) is 47.6 Å². The van der Waals surface area contributed by atoms with Crippen molar-refractivity contribution in [1.29, 1.82) is 0 Å². The fourth-order valence-corrected chi connectivity index (χ4v) is 2.80. The predicted molar refractivity (Wildman–Crippen MR) is 85.6 cm³/mol. The summed E-state index contributed by atoms with van der Waals surface area (Å²) in [7, 11) is 4.15. The molecule has 2 aromatic rings. The van der Waals surface area contributed by atoms with Gasteiger partial charge in [-0.3, -0.25) is 4.68 Å². The van der Waals surface area contributed by atoms with Gasteiger partial charge in [-0.25, -0.2) is 0 Å². The molecule has 112 valence electrons. The molecule has 0 amide bonds. The second-order valence-electron chi connectivity index (χ2n) is 5.44. The molecule has 0 aliphatic rings. The van der Waals surface area contributed by atoms with E-state index in [4.69, 9.17) is 12.2 Å². The van der Waals surface area contributed by atoms with E-state index in [0.29, 0.717) is 6.04 Å². The average Bonchev–Trinajstić information content (AvgIpc) is 2.92. The lowest BCUT2D eigenvalue weighted by Gasteiger charge is -2.23. The number of aromatic nitrogens is 4. The van der Waals surface area contributed by atoms with Crippen LogP contribution in [0.5, 0.6) is 0 Å². The first-order valence-corrected chi connectivity index (χ1v) is 7.75. The van der Waals surface area contributed by atoms with Crippen molar-refractivity contribution in [3.8, 4) is 0 Å².